The van der Waals surface area contributed by atoms with Crippen LogP contribution in [0.25, 0.3) is 0 Å². The van der Waals surface area contributed by atoms with Gasteiger partial charge >= 0.3 is 20.1 Å². The van der Waals surface area contributed by atoms with Crippen LogP contribution in [0.3, 0.4) is 0 Å². The fourth-order valence-electron chi connectivity index (χ4n) is 4.71. The first-order chi connectivity index (χ1) is 21.1. The molecule has 45 heavy (non-hydrogen) atoms. The highest BCUT2D eigenvalue weighted by molar-refractivity contribution is 7.52. The summed E-state index contributed by atoms with van der Waals surface area (Å²) in [4.78, 5) is 5.50. The molecule has 0 spiro atoms. The average Bonchev–Trinajstić information content (AvgIpc) is 3.33. The topological polar surface area (TPSA) is 111 Å². The molecule has 0 saturated carbocycles. The minimum absolute atomic E-state index is 0.0166. The lowest BCUT2D eigenvalue weighted by Crippen LogP contribution is -2.46. The van der Waals surface area contributed by atoms with E-state index in [9.17, 15) is 40.4 Å². The zero-order valence-electron chi connectivity index (χ0n) is 24.1. The second-order valence-electron chi connectivity index (χ2n) is 9.83. The Morgan fingerprint density at radius 2 is 1.60 bits per heavy atom. The van der Waals surface area contributed by atoms with Crippen molar-refractivity contribution in [2.24, 2.45) is 0 Å². The first-order valence-electron chi connectivity index (χ1n) is 13.6. The van der Waals surface area contributed by atoms with E-state index >= 15 is 0 Å². The summed E-state index contributed by atoms with van der Waals surface area (Å²) in [7, 11) is -4.16. The molecule has 1 aliphatic rings. The van der Waals surface area contributed by atoms with E-state index in [0.717, 1.165) is 12.1 Å². The van der Waals surface area contributed by atoms with Crippen molar-refractivity contribution < 1.29 is 58.9 Å². The number of benzene rings is 2. The van der Waals surface area contributed by atoms with Gasteiger partial charge in [0.2, 0.25) is 0 Å². The van der Waals surface area contributed by atoms with Gasteiger partial charge in [0.15, 0.2) is 12.1 Å². The lowest BCUT2D eigenvalue weighted by Gasteiger charge is -2.41. The van der Waals surface area contributed by atoms with E-state index in [4.69, 9.17) is 18.5 Å². The number of aromatic nitrogens is 3. The van der Waals surface area contributed by atoms with Crippen molar-refractivity contribution in [3.8, 4) is 6.01 Å². The van der Waals surface area contributed by atoms with E-state index in [1.54, 1.807) is 18.7 Å². The third kappa shape index (κ3) is 8.20. The van der Waals surface area contributed by atoms with Gasteiger partial charge in [-0.2, -0.15) is 30.8 Å². The predicted molar refractivity (Wildman–Crippen MR) is 141 cm³/mol. The average molecular weight is 670 g/mol. The number of halogens is 7. The molecule has 0 radical (unpaired) electrons. The highest BCUT2D eigenvalue weighted by Crippen LogP contribution is 2.50. The molecule has 1 aliphatic heterocycles. The molecular weight excluding hydrogens is 640 g/mol. The van der Waals surface area contributed by atoms with Gasteiger partial charge in [0.05, 0.1) is 55.6 Å². The summed E-state index contributed by atoms with van der Waals surface area (Å²) in [5.74, 6) is -0.677. The summed E-state index contributed by atoms with van der Waals surface area (Å²) >= 11 is 0. The zero-order valence-corrected chi connectivity index (χ0v) is 25.0. The van der Waals surface area contributed by atoms with Crippen molar-refractivity contribution in [2.75, 3.05) is 26.4 Å². The molecule has 18 heteroatoms. The molecule has 3 atom stereocenters. The SMILES string of the molecule is CCOP(=O)(OCC)n1nc(CN2CCO[C@H](O[C@H](C)c3cc(C(F)(F)F)cc(C(F)(F)F)c3)[C@@H]2c2ccc(F)cc2)nc1[O-]. The lowest BCUT2D eigenvalue weighted by atomic mass is 10.0. The third-order valence-corrected chi connectivity index (χ3v) is 8.60. The quantitative estimate of drug-likeness (QED) is 0.173. The van der Waals surface area contributed by atoms with Gasteiger partial charge in [-0.1, -0.05) is 12.1 Å². The Bertz CT molecular complexity index is 1460. The maximum Gasteiger partial charge on any atom is 0.455 e. The van der Waals surface area contributed by atoms with Crippen molar-refractivity contribution in [3.05, 3.63) is 76.4 Å². The van der Waals surface area contributed by atoms with Gasteiger partial charge in [-0.15, -0.1) is 5.10 Å². The van der Waals surface area contributed by atoms with Crippen LogP contribution in [-0.4, -0.2) is 52.1 Å². The first kappa shape index (κ1) is 34.8. The first-order valence-corrected chi connectivity index (χ1v) is 15.1. The van der Waals surface area contributed by atoms with Crippen LogP contribution in [0, 0.1) is 5.82 Å². The Labute approximate surface area is 253 Å². The van der Waals surface area contributed by atoms with Crippen molar-refractivity contribution >= 4 is 7.75 Å². The van der Waals surface area contributed by atoms with Crippen LogP contribution in [-0.2, 0) is 42.0 Å². The smallest absolute Gasteiger partial charge is 0.455 e. The number of nitrogens with zero attached hydrogens (tertiary/aromatic N) is 4. The van der Waals surface area contributed by atoms with Gasteiger partial charge in [0.25, 0.3) is 0 Å². The molecule has 1 saturated heterocycles. The van der Waals surface area contributed by atoms with Gasteiger partial charge in [-0.3, -0.25) is 13.9 Å². The summed E-state index contributed by atoms with van der Waals surface area (Å²) in [6.45, 7) is 4.19. The predicted octanol–water partition coefficient (Wildman–Crippen LogP) is 6.24. The molecule has 1 aromatic heterocycles. The third-order valence-electron chi connectivity index (χ3n) is 6.71. The molecule has 248 valence electrons. The molecule has 2 heterocycles. The van der Waals surface area contributed by atoms with Crippen LogP contribution in [0.15, 0.2) is 42.5 Å². The van der Waals surface area contributed by atoms with Gasteiger partial charge < -0.3 is 14.6 Å². The molecule has 0 amide bonds. The molecule has 2 aromatic carbocycles. The van der Waals surface area contributed by atoms with Crippen molar-refractivity contribution in [2.45, 2.75) is 58.1 Å². The van der Waals surface area contributed by atoms with Crippen LogP contribution in [0.2, 0.25) is 0 Å². The summed E-state index contributed by atoms with van der Waals surface area (Å²) in [6.07, 6.45) is -12.8. The molecule has 0 N–H and O–H groups in total. The Hall–Kier alpha value is -3.08. The van der Waals surface area contributed by atoms with Gasteiger partial charge in [-0.05, 0) is 62.2 Å². The Morgan fingerprint density at radius 3 is 2.13 bits per heavy atom. The molecule has 10 nitrogen and oxygen atoms in total. The summed E-state index contributed by atoms with van der Waals surface area (Å²) < 4.78 is 130. The van der Waals surface area contributed by atoms with Crippen molar-refractivity contribution in [1.29, 1.82) is 0 Å². The molecule has 3 aromatic rings. The minimum Gasteiger partial charge on any atom is -0.844 e. The highest BCUT2D eigenvalue weighted by atomic mass is 31.2. The van der Waals surface area contributed by atoms with Crippen LogP contribution < -0.4 is 5.11 Å². The number of hydrogen-bond acceptors (Lipinski definition) is 9. The Kier molecular flexibility index (Phi) is 10.6. The second kappa shape index (κ2) is 13.7. The molecule has 1 fully saturated rings. The molecule has 0 bridgehead atoms. The van der Waals surface area contributed by atoms with E-state index in [-0.39, 0.29) is 44.8 Å². The maximum atomic E-state index is 13.8. The van der Waals surface area contributed by atoms with E-state index in [2.05, 4.69) is 10.1 Å². The van der Waals surface area contributed by atoms with Crippen molar-refractivity contribution in [3.63, 3.8) is 0 Å². The number of alkyl halides is 6. The van der Waals surface area contributed by atoms with Gasteiger partial charge in [0, 0.05) is 6.54 Å². The number of hydrogen-bond donors (Lipinski definition) is 0. The maximum absolute atomic E-state index is 13.8. The van der Waals surface area contributed by atoms with Crippen LogP contribution >= 0.6 is 7.75 Å². The Balaban J connectivity index is 1.67. The Morgan fingerprint density at radius 1 is 1.02 bits per heavy atom. The zero-order chi connectivity index (χ0) is 33.2. The van der Waals surface area contributed by atoms with Gasteiger partial charge in [-0.25, -0.2) is 13.9 Å². The van der Waals surface area contributed by atoms with Crippen LogP contribution in [0.1, 0.15) is 61.0 Å². The summed E-state index contributed by atoms with van der Waals surface area (Å²) in [5.41, 5.74) is -3.01. The molecule has 4 rings (SSSR count). The fraction of sp³-hybridized carbons (Fsp3) is 0.481. The van der Waals surface area contributed by atoms with Gasteiger partial charge in [0.1, 0.15) is 5.82 Å². The second-order valence-corrected chi connectivity index (χ2v) is 11.7. The number of rotatable bonds is 11. The van der Waals surface area contributed by atoms with Crippen LogP contribution in [0.4, 0.5) is 30.7 Å². The van der Waals surface area contributed by atoms with E-state index in [0.29, 0.717) is 22.1 Å². The van der Waals surface area contributed by atoms with E-state index < -0.39 is 67.1 Å². The number of morpholine rings is 1. The summed E-state index contributed by atoms with van der Waals surface area (Å²) in [6, 6.07) is 4.31. The largest absolute Gasteiger partial charge is 0.844 e. The van der Waals surface area contributed by atoms with E-state index in [1.165, 1.54) is 19.1 Å². The lowest BCUT2D eigenvalue weighted by molar-refractivity contribution is -0.283. The molecule has 0 unspecified atom stereocenters. The fourth-order valence-corrected chi connectivity index (χ4v) is 6.12. The highest BCUT2D eigenvalue weighted by Gasteiger charge is 2.40. The monoisotopic (exact) mass is 669 g/mol. The molecule has 0 aliphatic carbocycles. The van der Waals surface area contributed by atoms with Crippen molar-refractivity contribution in [1.82, 2.24) is 19.4 Å². The van der Waals surface area contributed by atoms with Crippen LogP contribution in [0.5, 0.6) is 6.01 Å². The minimum atomic E-state index is -5.06. The normalized spacial score (nSPS) is 19.2. The van der Waals surface area contributed by atoms with E-state index in [1.807, 2.05) is 0 Å². The number of ether oxygens (including phenoxy) is 2. The molecular formula is C27H29F7N4O6P-. The summed E-state index contributed by atoms with van der Waals surface area (Å²) in [5, 5.41) is 16.7. The standard InChI is InChI=1S/C27H30F7N4O6P/c1-4-42-45(40,43-5-2)38-25(39)35-22(36-38)15-37-10-11-41-24(23(37)17-6-8-21(28)9-7-17)44-16(3)18-12-19(26(29,30)31)14-20(13-18)27(32,33)34/h6-9,12-14,16,23-24H,4-5,10-11,15H2,1-3H3,(H,35,36,39)/p-1/t16-,23+,24-/m1/s1.